The standard InChI is InChI=1S/C23H26N4O3/c28-21(24-16-9-3-1-4-10-16)15-20-22(29)26-18-13-7-8-14-19(18)27(20)23(30)25-17-11-5-2-6-12-17/h1-6,9-12,18-20H,7-8,13-15H2,(H,24,28)(H,25,30)(H,26,29)/t18-,19+,20+/m0/s1. The van der Waals surface area contributed by atoms with Crippen molar-refractivity contribution < 1.29 is 14.4 Å². The van der Waals surface area contributed by atoms with Crippen LogP contribution >= 0.6 is 0 Å². The van der Waals surface area contributed by atoms with Crippen molar-refractivity contribution in [1.82, 2.24) is 10.2 Å². The number of nitrogens with zero attached hydrogens (tertiary/aromatic N) is 1. The van der Waals surface area contributed by atoms with Crippen LogP contribution in [0.25, 0.3) is 0 Å². The van der Waals surface area contributed by atoms with Crippen molar-refractivity contribution in [3.8, 4) is 0 Å². The summed E-state index contributed by atoms with van der Waals surface area (Å²) in [4.78, 5) is 40.4. The van der Waals surface area contributed by atoms with Gasteiger partial charge in [-0.05, 0) is 37.1 Å². The van der Waals surface area contributed by atoms with E-state index in [9.17, 15) is 14.4 Å². The van der Waals surface area contributed by atoms with E-state index < -0.39 is 6.04 Å². The molecule has 2 aromatic rings. The molecule has 1 aliphatic carbocycles. The van der Waals surface area contributed by atoms with Gasteiger partial charge in [0.2, 0.25) is 11.8 Å². The number of carbonyl (C=O) groups is 3. The summed E-state index contributed by atoms with van der Waals surface area (Å²) in [6.45, 7) is 0. The number of hydrogen-bond acceptors (Lipinski definition) is 3. The lowest BCUT2D eigenvalue weighted by Crippen LogP contribution is -2.68. The number of fused-ring (bicyclic) bond motifs is 1. The molecule has 2 fully saturated rings. The fourth-order valence-corrected chi connectivity index (χ4v) is 4.35. The van der Waals surface area contributed by atoms with Crippen molar-refractivity contribution in [2.45, 2.75) is 50.2 Å². The summed E-state index contributed by atoms with van der Waals surface area (Å²) in [6, 6.07) is 16.9. The zero-order valence-electron chi connectivity index (χ0n) is 16.7. The largest absolute Gasteiger partial charge is 0.349 e. The maximum absolute atomic E-state index is 13.2. The number of benzene rings is 2. The Labute approximate surface area is 175 Å². The maximum atomic E-state index is 13.2. The van der Waals surface area contributed by atoms with Gasteiger partial charge in [-0.15, -0.1) is 0 Å². The summed E-state index contributed by atoms with van der Waals surface area (Å²) >= 11 is 0. The molecular formula is C23H26N4O3. The number of para-hydroxylation sites is 2. The van der Waals surface area contributed by atoms with Crippen molar-refractivity contribution >= 4 is 29.2 Å². The molecule has 156 valence electrons. The summed E-state index contributed by atoms with van der Waals surface area (Å²) < 4.78 is 0. The second-order valence-corrected chi connectivity index (χ2v) is 7.80. The van der Waals surface area contributed by atoms with Gasteiger partial charge < -0.3 is 20.9 Å². The van der Waals surface area contributed by atoms with Gasteiger partial charge in [-0.3, -0.25) is 9.59 Å². The summed E-state index contributed by atoms with van der Waals surface area (Å²) in [5.74, 6) is -0.572. The highest BCUT2D eigenvalue weighted by Gasteiger charge is 2.46. The van der Waals surface area contributed by atoms with Gasteiger partial charge >= 0.3 is 6.03 Å². The molecule has 1 saturated heterocycles. The van der Waals surface area contributed by atoms with Crippen molar-refractivity contribution in [3.05, 3.63) is 60.7 Å². The van der Waals surface area contributed by atoms with Crippen LogP contribution in [0, 0.1) is 0 Å². The average Bonchev–Trinajstić information content (AvgIpc) is 2.75. The van der Waals surface area contributed by atoms with Gasteiger partial charge in [0.15, 0.2) is 0 Å². The van der Waals surface area contributed by atoms with E-state index in [2.05, 4.69) is 16.0 Å². The quantitative estimate of drug-likeness (QED) is 0.727. The molecule has 1 aliphatic heterocycles. The molecule has 0 bridgehead atoms. The Bertz CT molecular complexity index is 903. The molecule has 1 heterocycles. The lowest BCUT2D eigenvalue weighted by atomic mass is 9.85. The van der Waals surface area contributed by atoms with E-state index in [1.807, 2.05) is 36.4 Å². The van der Waals surface area contributed by atoms with Gasteiger partial charge in [0.05, 0.1) is 12.5 Å². The number of amides is 4. The number of hydrogen-bond donors (Lipinski definition) is 3. The van der Waals surface area contributed by atoms with E-state index in [1.165, 1.54) is 0 Å². The average molecular weight is 406 g/mol. The van der Waals surface area contributed by atoms with Crippen molar-refractivity contribution in [2.75, 3.05) is 10.6 Å². The highest BCUT2D eigenvalue weighted by Crippen LogP contribution is 2.30. The fraction of sp³-hybridized carbons (Fsp3) is 0.348. The highest BCUT2D eigenvalue weighted by atomic mass is 16.2. The predicted molar refractivity (Wildman–Crippen MR) is 115 cm³/mol. The smallest absolute Gasteiger partial charge is 0.322 e. The normalized spacial score (nSPS) is 23.1. The molecule has 2 aliphatic rings. The highest BCUT2D eigenvalue weighted by molar-refractivity contribution is 5.99. The minimum atomic E-state index is -0.850. The van der Waals surface area contributed by atoms with Gasteiger partial charge in [-0.2, -0.15) is 0 Å². The first-order chi connectivity index (χ1) is 14.6. The molecule has 3 N–H and O–H groups in total. The van der Waals surface area contributed by atoms with Gasteiger partial charge in [0.1, 0.15) is 6.04 Å². The SMILES string of the molecule is O=C(C[C@@H]1C(=O)N[C@H]2CCCC[C@H]2N1C(=O)Nc1ccccc1)Nc1ccccc1. The first-order valence-electron chi connectivity index (χ1n) is 10.4. The molecule has 0 spiro atoms. The van der Waals surface area contributed by atoms with Crippen LogP contribution in [-0.4, -0.2) is 40.9 Å². The Morgan fingerprint density at radius 1 is 0.900 bits per heavy atom. The Balaban J connectivity index is 1.54. The fourth-order valence-electron chi connectivity index (χ4n) is 4.35. The third-order valence-corrected chi connectivity index (χ3v) is 5.75. The third kappa shape index (κ3) is 4.45. The maximum Gasteiger partial charge on any atom is 0.322 e. The van der Waals surface area contributed by atoms with E-state index >= 15 is 0 Å². The number of anilines is 2. The van der Waals surface area contributed by atoms with Crippen LogP contribution in [-0.2, 0) is 9.59 Å². The number of piperazine rings is 1. The zero-order chi connectivity index (χ0) is 20.9. The number of carbonyl (C=O) groups excluding carboxylic acids is 3. The lowest BCUT2D eigenvalue weighted by molar-refractivity contribution is -0.135. The number of nitrogens with one attached hydrogen (secondary N) is 3. The molecule has 3 atom stereocenters. The van der Waals surface area contributed by atoms with Crippen LogP contribution < -0.4 is 16.0 Å². The topological polar surface area (TPSA) is 90.5 Å². The minimum absolute atomic E-state index is 0.0683. The van der Waals surface area contributed by atoms with Crippen LogP contribution in [0.3, 0.4) is 0 Å². The minimum Gasteiger partial charge on any atom is -0.349 e. The molecular weight excluding hydrogens is 380 g/mol. The molecule has 0 radical (unpaired) electrons. The summed E-state index contributed by atoms with van der Waals surface area (Å²) in [5, 5.41) is 8.75. The Hall–Kier alpha value is -3.35. The van der Waals surface area contributed by atoms with E-state index in [0.717, 1.165) is 25.7 Å². The van der Waals surface area contributed by atoms with Crippen molar-refractivity contribution in [1.29, 1.82) is 0 Å². The molecule has 4 amide bonds. The Morgan fingerprint density at radius 2 is 1.50 bits per heavy atom. The molecule has 4 rings (SSSR count). The number of urea groups is 1. The molecule has 30 heavy (non-hydrogen) atoms. The number of rotatable bonds is 4. The van der Waals surface area contributed by atoms with Gasteiger partial charge in [-0.25, -0.2) is 4.79 Å². The lowest BCUT2D eigenvalue weighted by Gasteiger charge is -2.47. The molecule has 7 nitrogen and oxygen atoms in total. The first-order valence-corrected chi connectivity index (χ1v) is 10.4. The van der Waals surface area contributed by atoms with Gasteiger partial charge in [0.25, 0.3) is 0 Å². The summed E-state index contributed by atoms with van der Waals surface area (Å²) in [7, 11) is 0. The van der Waals surface area contributed by atoms with Crippen molar-refractivity contribution in [3.63, 3.8) is 0 Å². The van der Waals surface area contributed by atoms with Gasteiger partial charge in [-0.1, -0.05) is 49.2 Å². The van der Waals surface area contributed by atoms with Crippen LogP contribution in [0.4, 0.5) is 16.2 Å². The van der Waals surface area contributed by atoms with E-state index in [4.69, 9.17) is 0 Å². The van der Waals surface area contributed by atoms with Crippen LogP contribution in [0.2, 0.25) is 0 Å². The molecule has 0 aromatic heterocycles. The van der Waals surface area contributed by atoms with Gasteiger partial charge in [0, 0.05) is 17.4 Å². The van der Waals surface area contributed by atoms with Crippen LogP contribution in [0.1, 0.15) is 32.1 Å². The molecule has 2 aromatic carbocycles. The first kappa shape index (κ1) is 19.9. The monoisotopic (exact) mass is 406 g/mol. The van der Waals surface area contributed by atoms with E-state index in [-0.39, 0.29) is 36.3 Å². The Morgan fingerprint density at radius 3 is 2.17 bits per heavy atom. The summed E-state index contributed by atoms with van der Waals surface area (Å²) in [5.41, 5.74) is 1.32. The molecule has 0 unspecified atom stereocenters. The third-order valence-electron chi connectivity index (χ3n) is 5.75. The second kappa shape index (κ2) is 8.98. The van der Waals surface area contributed by atoms with E-state index in [0.29, 0.717) is 11.4 Å². The van der Waals surface area contributed by atoms with Crippen molar-refractivity contribution in [2.24, 2.45) is 0 Å². The molecule has 1 saturated carbocycles. The Kier molecular flexibility index (Phi) is 5.97. The van der Waals surface area contributed by atoms with E-state index in [1.54, 1.807) is 29.2 Å². The van der Waals surface area contributed by atoms with Crippen LogP contribution in [0.5, 0.6) is 0 Å². The van der Waals surface area contributed by atoms with Crippen LogP contribution in [0.15, 0.2) is 60.7 Å². The predicted octanol–water partition coefficient (Wildman–Crippen LogP) is 3.36. The zero-order valence-corrected chi connectivity index (χ0v) is 16.7. The summed E-state index contributed by atoms with van der Waals surface area (Å²) in [6.07, 6.45) is 3.58. The molecule has 7 heteroatoms. The second-order valence-electron chi connectivity index (χ2n) is 7.80.